The molecule has 0 saturated carbocycles. The highest BCUT2D eigenvalue weighted by atomic mass is 32.2. The molecule has 0 aliphatic carbocycles. The molecule has 2 heterocycles. The Hall–Kier alpha value is -1.95. The summed E-state index contributed by atoms with van der Waals surface area (Å²) < 4.78 is 11.6. The van der Waals surface area contributed by atoms with E-state index in [0.717, 1.165) is 28.1 Å². The van der Waals surface area contributed by atoms with Crippen molar-refractivity contribution in [1.82, 2.24) is 9.97 Å². The Morgan fingerprint density at radius 2 is 2.14 bits per heavy atom. The molecule has 0 bridgehead atoms. The first kappa shape index (κ1) is 14.0. The predicted molar refractivity (Wildman–Crippen MR) is 83.3 cm³/mol. The first-order chi connectivity index (χ1) is 10.3. The van der Waals surface area contributed by atoms with Gasteiger partial charge in [-0.1, -0.05) is 19.1 Å². The van der Waals surface area contributed by atoms with E-state index in [1.165, 1.54) is 0 Å². The van der Waals surface area contributed by atoms with Crippen LogP contribution >= 0.6 is 11.8 Å². The van der Waals surface area contributed by atoms with Crippen LogP contribution in [0.5, 0.6) is 11.5 Å². The van der Waals surface area contributed by atoms with E-state index >= 15 is 0 Å². The van der Waals surface area contributed by atoms with Gasteiger partial charge in [-0.05, 0) is 17.9 Å². The molecule has 1 aromatic heterocycles. The normalized spacial score (nSPS) is 16.5. The molecule has 1 unspecified atom stereocenters. The van der Waals surface area contributed by atoms with E-state index in [-0.39, 0.29) is 6.10 Å². The zero-order chi connectivity index (χ0) is 14.5. The third-order valence-electron chi connectivity index (χ3n) is 2.98. The number of aromatic nitrogens is 2. The van der Waals surface area contributed by atoms with Crippen molar-refractivity contribution in [3.05, 3.63) is 36.7 Å². The van der Waals surface area contributed by atoms with Crippen LogP contribution in [0.1, 0.15) is 6.92 Å². The second-order valence-electron chi connectivity index (χ2n) is 4.55. The lowest BCUT2D eigenvalue weighted by molar-refractivity contribution is 0.0997. The highest BCUT2D eigenvalue weighted by Crippen LogP contribution is 2.30. The standard InChI is InChI=1S/C15H17N3O2S/c1-2-21-15-9-16-8-14(18-15)17-7-11-10-19-12-5-3-4-6-13(12)20-11/h3-6,8-9,11H,2,7,10H2,1H3,(H,17,18). The number of hydrogen-bond acceptors (Lipinski definition) is 6. The van der Waals surface area contributed by atoms with Crippen molar-refractivity contribution in [2.75, 3.05) is 24.2 Å². The molecule has 0 fully saturated rings. The Morgan fingerprint density at radius 1 is 1.29 bits per heavy atom. The fourth-order valence-electron chi connectivity index (χ4n) is 2.03. The fraction of sp³-hybridized carbons (Fsp3) is 0.333. The minimum Gasteiger partial charge on any atom is -0.486 e. The minimum atomic E-state index is -0.0378. The molecule has 1 aliphatic rings. The first-order valence-electron chi connectivity index (χ1n) is 6.92. The van der Waals surface area contributed by atoms with Crippen molar-refractivity contribution < 1.29 is 9.47 Å². The Balaban J connectivity index is 1.58. The van der Waals surface area contributed by atoms with Crippen LogP contribution < -0.4 is 14.8 Å². The first-order valence-corrected chi connectivity index (χ1v) is 7.91. The molecule has 0 spiro atoms. The van der Waals surface area contributed by atoms with Crippen LogP contribution in [0.4, 0.5) is 5.82 Å². The van der Waals surface area contributed by atoms with Crippen molar-refractivity contribution >= 4 is 17.6 Å². The minimum absolute atomic E-state index is 0.0378. The zero-order valence-corrected chi connectivity index (χ0v) is 12.6. The van der Waals surface area contributed by atoms with Crippen molar-refractivity contribution in [3.63, 3.8) is 0 Å². The number of nitrogens with one attached hydrogen (secondary N) is 1. The SMILES string of the molecule is CCSc1cncc(NCC2COc3ccccc3O2)n1. The molecule has 110 valence electrons. The number of ether oxygens (including phenoxy) is 2. The average molecular weight is 303 g/mol. The van der Waals surface area contributed by atoms with Gasteiger partial charge < -0.3 is 14.8 Å². The molecule has 0 saturated heterocycles. The fourth-order valence-corrected chi connectivity index (χ4v) is 2.63. The number of thioether (sulfide) groups is 1. The number of hydrogen-bond donors (Lipinski definition) is 1. The molecular formula is C15H17N3O2S. The van der Waals surface area contributed by atoms with Gasteiger partial charge >= 0.3 is 0 Å². The monoisotopic (exact) mass is 303 g/mol. The second kappa shape index (κ2) is 6.67. The van der Waals surface area contributed by atoms with Gasteiger partial charge in [-0.3, -0.25) is 4.98 Å². The quantitative estimate of drug-likeness (QED) is 0.857. The van der Waals surface area contributed by atoms with Gasteiger partial charge in [0, 0.05) is 0 Å². The second-order valence-corrected chi connectivity index (χ2v) is 5.84. The van der Waals surface area contributed by atoms with Gasteiger partial charge in [-0.2, -0.15) is 0 Å². The van der Waals surface area contributed by atoms with Crippen LogP contribution in [0.3, 0.4) is 0 Å². The topological polar surface area (TPSA) is 56.3 Å². The Labute approximate surface area is 128 Å². The predicted octanol–water partition coefficient (Wildman–Crippen LogP) is 2.84. The summed E-state index contributed by atoms with van der Waals surface area (Å²) in [4.78, 5) is 8.67. The lowest BCUT2D eigenvalue weighted by Crippen LogP contribution is -2.35. The number of anilines is 1. The van der Waals surface area contributed by atoms with E-state index < -0.39 is 0 Å². The molecule has 2 aromatic rings. The van der Waals surface area contributed by atoms with Crippen molar-refractivity contribution in [2.24, 2.45) is 0 Å². The van der Waals surface area contributed by atoms with Crippen LogP contribution in [-0.4, -0.2) is 35.0 Å². The summed E-state index contributed by atoms with van der Waals surface area (Å²) >= 11 is 1.67. The smallest absolute Gasteiger partial charge is 0.161 e. The highest BCUT2D eigenvalue weighted by Gasteiger charge is 2.20. The molecule has 1 atom stereocenters. The number of benzene rings is 1. The summed E-state index contributed by atoms with van der Waals surface area (Å²) in [6.45, 7) is 3.25. The summed E-state index contributed by atoms with van der Waals surface area (Å²) in [7, 11) is 0. The van der Waals surface area contributed by atoms with Crippen molar-refractivity contribution in [1.29, 1.82) is 0 Å². The van der Waals surface area contributed by atoms with Crippen LogP contribution in [-0.2, 0) is 0 Å². The zero-order valence-electron chi connectivity index (χ0n) is 11.8. The third kappa shape index (κ3) is 3.58. The van der Waals surface area contributed by atoms with Crippen molar-refractivity contribution in [2.45, 2.75) is 18.1 Å². The van der Waals surface area contributed by atoms with Crippen LogP contribution in [0.15, 0.2) is 41.7 Å². The highest BCUT2D eigenvalue weighted by molar-refractivity contribution is 7.99. The molecule has 5 nitrogen and oxygen atoms in total. The number of nitrogens with zero attached hydrogens (tertiary/aromatic N) is 2. The van der Waals surface area contributed by atoms with Crippen molar-refractivity contribution in [3.8, 4) is 11.5 Å². The maximum atomic E-state index is 5.89. The van der Waals surface area contributed by atoms with Gasteiger partial charge in [0.25, 0.3) is 0 Å². The van der Waals surface area contributed by atoms with Gasteiger partial charge in [-0.15, -0.1) is 11.8 Å². The summed E-state index contributed by atoms with van der Waals surface area (Å²) in [5, 5.41) is 4.18. The summed E-state index contributed by atoms with van der Waals surface area (Å²) in [6.07, 6.45) is 3.46. The van der Waals surface area contributed by atoms with Gasteiger partial charge in [0.2, 0.25) is 0 Å². The van der Waals surface area contributed by atoms with E-state index in [1.807, 2.05) is 24.3 Å². The van der Waals surface area contributed by atoms with E-state index in [1.54, 1.807) is 24.2 Å². The van der Waals surface area contributed by atoms with Gasteiger partial charge in [0.05, 0.1) is 18.9 Å². The summed E-state index contributed by atoms with van der Waals surface area (Å²) in [5.74, 6) is 3.33. The molecule has 3 rings (SSSR count). The summed E-state index contributed by atoms with van der Waals surface area (Å²) in [5.41, 5.74) is 0. The Bertz CT molecular complexity index is 609. The molecule has 1 aromatic carbocycles. The molecule has 0 amide bonds. The van der Waals surface area contributed by atoms with E-state index in [0.29, 0.717) is 13.2 Å². The summed E-state index contributed by atoms with van der Waals surface area (Å²) in [6, 6.07) is 7.71. The number of rotatable bonds is 5. The number of fused-ring (bicyclic) bond motifs is 1. The Kier molecular flexibility index (Phi) is 4.45. The molecule has 21 heavy (non-hydrogen) atoms. The maximum Gasteiger partial charge on any atom is 0.161 e. The van der Waals surface area contributed by atoms with Crippen LogP contribution in [0.2, 0.25) is 0 Å². The van der Waals surface area contributed by atoms with E-state index in [9.17, 15) is 0 Å². The van der Waals surface area contributed by atoms with Crippen LogP contribution in [0.25, 0.3) is 0 Å². The number of para-hydroxylation sites is 2. The molecular weight excluding hydrogens is 286 g/mol. The molecule has 6 heteroatoms. The van der Waals surface area contributed by atoms with E-state index in [4.69, 9.17) is 9.47 Å². The molecule has 1 N–H and O–H groups in total. The average Bonchev–Trinajstić information content (AvgIpc) is 2.53. The molecule has 1 aliphatic heterocycles. The molecule has 0 radical (unpaired) electrons. The van der Waals surface area contributed by atoms with Gasteiger partial charge in [-0.25, -0.2) is 4.98 Å². The van der Waals surface area contributed by atoms with Gasteiger partial charge in [0.1, 0.15) is 23.6 Å². The maximum absolute atomic E-state index is 5.89. The van der Waals surface area contributed by atoms with Gasteiger partial charge in [0.15, 0.2) is 11.5 Å². The lowest BCUT2D eigenvalue weighted by Gasteiger charge is -2.26. The van der Waals surface area contributed by atoms with Crippen LogP contribution in [0, 0.1) is 0 Å². The lowest BCUT2D eigenvalue weighted by atomic mass is 10.2. The largest absolute Gasteiger partial charge is 0.486 e. The van der Waals surface area contributed by atoms with E-state index in [2.05, 4.69) is 22.2 Å². The third-order valence-corrected chi connectivity index (χ3v) is 3.76. The Morgan fingerprint density at radius 3 is 3.00 bits per heavy atom.